The summed E-state index contributed by atoms with van der Waals surface area (Å²) in [5, 5.41) is 13.8. The van der Waals surface area contributed by atoms with Gasteiger partial charge in [-0.3, -0.25) is 9.79 Å². The smallest absolute Gasteiger partial charge is 0.226 e. The van der Waals surface area contributed by atoms with Crippen LogP contribution in [0.15, 0.2) is 72.0 Å². The van der Waals surface area contributed by atoms with Crippen LogP contribution in [-0.4, -0.2) is 35.2 Å². The molecule has 0 atom stereocenters. The molecule has 1 amide bonds. The molecule has 0 bridgehead atoms. The van der Waals surface area contributed by atoms with E-state index < -0.39 is 0 Å². The molecule has 0 radical (unpaired) electrons. The predicted octanol–water partition coefficient (Wildman–Crippen LogP) is 3.99. The Morgan fingerprint density at radius 3 is 2.31 bits per heavy atom. The number of halogens is 1. The first kappa shape index (κ1) is 25.4. The van der Waals surface area contributed by atoms with Crippen LogP contribution in [0.1, 0.15) is 25.0 Å². The van der Waals surface area contributed by atoms with Crippen molar-refractivity contribution in [1.29, 1.82) is 0 Å². The van der Waals surface area contributed by atoms with E-state index in [9.17, 15) is 4.79 Å². The van der Waals surface area contributed by atoms with Gasteiger partial charge in [-0.05, 0) is 47.9 Å². The summed E-state index contributed by atoms with van der Waals surface area (Å²) in [4.78, 5) is 16.1. The van der Waals surface area contributed by atoms with E-state index in [1.807, 2.05) is 55.1 Å². The molecule has 0 aliphatic heterocycles. The van der Waals surface area contributed by atoms with E-state index in [2.05, 4.69) is 50.3 Å². The van der Waals surface area contributed by atoms with Crippen molar-refractivity contribution in [2.24, 2.45) is 10.9 Å². The number of hydrogen-bond donors (Lipinski definition) is 3. The van der Waals surface area contributed by atoms with Gasteiger partial charge in [-0.1, -0.05) is 38.1 Å². The third kappa shape index (κ3) is 7.67. The fourth-order valence-electron chi connectivity index (χ4n) is 2.96. The Balaban J connectivity index is 0.00000363. The van der Waals surface area contributed by atoms with Crippen LogP contribution in [0.4, 0.5) is 5.69 Å². The minimum Gasteiger partial charge on any atom is -0.356 e. The SMILES string of the molecule is CN=C(NCCc1ccc(-n2cccn2)cc1)NCc1ccc(NC(=O)C(C)C)cc1.I. The van der Waals surface area contributed by atoms with Crippen molar-refractivity contribution < 1.29 is 4.79 Å². The number of rotatable bonds is 8. The third-order valence-corrected chi connectivity index (χ3v) is 4.84. The lowest BCUT2D eigenvalue weighted by Crippen LogP contribution is -2.37. The molecule has 0 aliphatic carbocycles. The average Bonchev–Trinajstić information content (AvgIpc) is 3.32. The van der Waals surface area contributed by atoms with Gasteiger partial charge in [-0.2, -0.15) is 5.10 Å². The van der Waals surface area contributed by atoms with E-state index in [0.29, 0.717) is 6.54 Å². The number of hydrogen-bond acceptors (Lipinski definition) is 3. The number of nitrogens with one attached hydrogen (secondary N) is 3. The summed E-state index contributed by atoms with van der Waals surface area (Å²) in [6.07, 6.45) is 4.60. The highest BCUT2D eigenvalue weighted by molar-refractivity contribution is 14.0. The Morgan fingerprint density at radius 1 is 1.03 bits per heavy atom. The van der Waals surface area contributed by atoms with Gasteiger partial charge in [0.25, 0.3) is 0 Å². The van der Waals surface area contributed by atoms with Crippen molar-refractivity contribution in [3.8, 4) is 5.69 Å². The van der Waals surface area contributed by atoms with E-state index in [4.69, 9.17) is 0 Å². The van der Waals surface area contributed by atoms with Crippen LogP contribution in [0.3, 0.4) is 0 Å². The van der Waals surface area contributed by atoms with Crippen molar-refractivity contribution in [3.05, 3.63) is 78.1 Å². The number of aliphatic imine (C=N–C) groups is 1. The molecule has 3 aromatic rings. The summed E-state index contributed by atoms with van der Waals surface area (Å²) in [7, 11) is 1.76. The van der Waals surface area contributed by atoms with Gasteiger partial charge in [0.05, 0.1) is 5.69 Å². The van der Waals surface area contributed by atoms with Gasteiger partial charge < -0.3 is 16.0 Å². The molecule has 1 heterocycles. The summed E-state index contributed by atoms with van der Waals surface area (Å²) in [5.41, 5.74) is 4.22. The van der Waals surface area contributed by atoms with Gasteiger partial charge in [0.1, 0.15) is 0 Å². The van der Waals surface area contributed by atoms with Crippen molar-refractivity contribution >= 4 is 41.5 Å². The second kappa shape index (κ2) is 12.8. The first-order valence-electron chi connectivity index (χ1n) is 10.5. The van der Waals surface area contributed by atoms with Crippen molar-refractivity contribution in [1.82, 2.24) is 20.4 Å². The normalized spacial score (nSPS) is 11.1. The fraction of sp³-hybridized carbons (Fsp3) is 0.292. The summed E-state index contributed by atoms with van der Waals surface area (Å²) < 4.78 is 1.85. The topological polar surface area (TPSA) is 83.3 Å². The molecule has 2 aromatic carbocycles. The molecule has 0 saturated carbocycles. The fourth-order valence-corrected chi connectivity index (χ4v) is 2.96. The second-order valence-electron chi connectivity index (χ2n) is 7.56. The van der Waals surface area contributed by atoms with E-state index >= 15 is 0 Å². The Kier molecular flexibility index (Phi) is 10.2. The lowest BCUT2D eigenvalue weighted by Gasteiger charge is -2.13. The predicted molar refractivity (Wildman–Crippen MR) is 141 cm³/mol. The van der Waals surface area contributed by atoms with Gasteiger partial charge in [0.2, 0.25) is 5.91 Å². The van der Waals surface area contributed by atoms with Gasteiger partial charge in [0.15, 0.2) is 5.96 Å². The molecule has 8 heteroatoms. The zero-order valence-electron chi connectivity index (χ0n) is 18.7. The average molecular weight is 546 g/mol. The van der Waals surface area contributed by atoms with E-state index in [0.717, 1.165) is 35.9 Å². The quantitative estimate of drug-likeness (QED) is 0.227. The van der Waals surface area contributed by atoms with Gasteiger partial charge in [-0.15, -0.1) is 24.0 Å². The maximum absolute atomic E-state index is 11.8. The minimum absolute atomic E-state index is 0. The molecule has 0 unspecified atom stereocenters. The Labute approximate surface area is 206 Å². The lowest BCUT2D eigenvalue weighted by atomic mass is 10.1. The molecule has 3 rings (SSSR count). The van der Waals surface area contributed by atoms with Crippen LogP contribution in [0, 0.1) is 5.92 Å². The molecule has 0 saturated heterocycles. The minimum atomic E-state index is -0.0370. The van der Waals surface area contributed by atoms with Crippen LogP contribution in [0.25, 0.3) is 5.69 Å². The second-order valence-corrected chi connectivity index (χ2v) is 7.56. The number of carbonyl (C=O) groups is 1. The largest absolute Gasteiger partial charge is 0.356 e. The summed E-state index contributed by atoms with van der Waals surface area (Å²) in [6, 6.07) is 18.1. The van der Waals surface area contributed by atoms with E-state index in [1.54, 1.807) is 13.2 Å². The highest BCUT2D eigenvalue weighted by atomic mass is 127. The Hall–Kier alpha value is -2.88. The van der Waals surface area contributed by atoms with Crippen molar-refractivity contribution in [2.45, 2.75) is 26.8 Å². The Bertz CT molecular complexity index is 982. The number of benzene rings is 2. The molecule has 170 valence electrons. The number of amides is 1. The van der Waals surface area contributed by atoms with Gasteiger partial charge in [-0.25, -0.2) is 4.68 Å². The molecule has 3 N–H and O–H groups in total. The molecule has 32 heavy (non-hydrogen) atoms. The highest BCUT2D eigenvalue weighted by Crippen LogP contribution is 2.11. The number of carbonyl (C=O) groups excluding carboxylic acids is 1. The zero-order valence-corrected chi connectivity index (χ0v) is 21.0. The Morgan fingerprint density at radius 2 is 1.72 bits per heavy atom. The maximum Gasteiger partial charge on any atom is 0.226 e. The zero-order chi connectivity index (χ0) is 22.1. The first-order chi connectivity index (χ1) is 15.0. The van der Waals surface area contributed by atoms with Gasteiger partial charge >= 0.3 is 0 Å². The van der Waals surface area contributed by atoms with Crippen molar-refractivity contribution in [3.63, 3.8) is 0 Å². The highest BCUT2D eigenvalue weighted by Gasteiger charge is 2.07. The molecular formula is C24H31IN6O. The molecule has 1 aromatic heterocycles. The molecule has 0 spiro atoms. The number of aromatic nitrogens is 2. The summed E-state index contributed by atoms with van der Waals surface area (Å²) >= 11 is 0. The summed E-state index contributed by atoms with van der Waals surface area (Å²) in [6.45, 7) is 5.18. The van der Waals surface area contributed by atoms with Crippen LogP contribution in [0.2, 0.25) is 0 Å². The standard InChI is InChI=1S/C24H30N6O.HI/c1-18(2)23(31)29-21-9-5-20(6-10-21)17-27-24(25-3)26-15-13-19-7-11-22(12-8-19)30-16-4-14-28-30;/h4-12,14,16,18H,13,15,17H2,1-3H3,(H,29,31)(H2,25,26,27);1H. The molecule has 0 fully saturated rings. The van der Waals surface area contributed by atoms with Crippen LogP contribution >= 0.6 is 24.0 Å². The van der Waals surface area contributed by atoms with Crippen LogP contribution in [0.5, 0.6) is 0 Å². The third-order valence-electron chi connectivity index (χ3n) is 4.84. The molecule has 0 aliphatic rings. The summed E-state index contributed by atoms with van der Waals surface area (Å²) in [5.74, 6) is 0.738. The van der Waals surface area contributed by atoms with Crippen LogP contribution in [-0.2, 0) is 17.8 Å². The number of nitrogens with zero attached hydrogens (tertiary/aromatic N) is 3. The lowest BCUT2D eigenvalue weighted by molar-refractivity contribution is -0.118. The molecular weight excluding hydrogens is 515 g/mol. The van der Waals surface area contributed by atoms with E-state index in [-0.39, 0.29) is 35.8 Å². The van der Waals surface area contributed by atoms with E-state index in [1.165, 1.54) is 5.56 Å². The number of guanidine groups is 1. The van der Waals surface area contributed by atoms with Crippen LogP contribution < -0.4 is 16.0 Å². The number of anilines is 1. The maximum atomic E-state index is 11.8. The molecule has 7 nitrogen and oxygen atoms in total. The first-order valence-corrected chi connectivity index (χ1v) is 10.5. The van der Waals surface area contributed by atoms with Gasteiger partial charge in [0, 0.05) is 44.1 Å². The van der Waals surface area contributed by atoms with Crippen molar-refractivity contribution in [2.75, 3.05) is 18.9 Å². The monoisotopic (exact) mass is 546 g/mol.